The van der Waals surface area contributed by atoms with Gasteiger partial charge in [-0.05, 0) is 69.2 Å². The van der Waals surface area contributed by atoms with E-state index >= 15 is 0 Å². The van der Waals surface area contributed by atoms with Crippen LogP contribution in [0.2, 0.25) is 0 Å². The van der Waals surface area contributed by atoms with Crippen LogP contribution in [0.5, 0.6) is 0 Å². The number of nitrogens with zero attached hydrogens (tertiary/aromatic N) is 1. The number of halogens is 1. The van der Waals surface area contributed by atoms with Crippen molar-refractivity contribution >= 4 is 29.9 Å². The van der Waals surface area contributed by atoms with Crippen molar-refractivity contribution < 1.29 is 9.59 Å². The van der Waals surface area contributed by atoms with Gasteiger partial charge < -0.3 is 15.5 Å². The fraction of sp³-hybridized carbons (Fsp3) is 0.600. The van der Waals surface area contributed by atoms with Gasteiger partial charge in [0.2, 0.25) is 5.91 Å². The molecule has 0 atom stereocenters. The molecule has 1 aromatic carbocycles. The van der Waals surface area contributed by atoms with E-state index in [4.69, 9.17) is 0 Å². The molecule has 142 valence electrons. The lowest BCUT2D eigenvalue weighted by atomic mass is 10.0. The summed E-state index contributed by atoms with van der Waals surface area (Å²) in [5.74, 6) is 1.21. The first-order valence-electron chi connectivity index (χ1n) is 9.62. The van der Waals surface area contributed by atoms with Gasteiger partial charge in [0.25, 0.3) is 5.91 Å². The number of piperidine rings is 1. The van der Waals surface area contributed by atoms with E-state index in [1.165, 1.54) is 12.8 Å². The largest absolute Gasteiger partial charge is 0.339 e. The number of nitrogens with one attached hydrogen (secondary N) is 2. The summed E-state index contributed by atoms with van der Waals surface area (Å²) in [4.78, 5) is 26.6. The van der Waals surface area contributed by atoms with E-state index in [2.05, 4.69) is 10.6 Å². The van der Waals surface area contributed by atoms with E-state index in [0.29, 0.717) is 11.6 Å². The standard InChI is InChI=1S/C20H27N3O2.ClH/c24-19(15-6-7-15)22-18-3-1-2-16(12-18)20(25)23-10-8-17(9-11-23)21-13-14-4-5-14;/h1-3,12,14-15,17,21H,4-11,13H2,(H,22,24);1H. The molecule has 0 spiro atoms. The molecule has 0 unspecified atom stereocenters. The number of rotatable bonds is 6. The fourth-order valence-corrected chi connectivity index (χ4v) is 3.44. The van der Waals surface area contributed by atoms with Crippen LogP contribution in [0, 0.1) is 11.8 Å². The van der Waals surface area contributed by atoms with E-state index in [1.54, 1.807) is 6.07 Å². The predicted octanol–water partition coefficient (Wildman–Crippen LogP) is 3.06. The summed E-state index contributed by atoms with van der Waals surface area (Å²) < 4.78 is 0. The summed E-state index contributed by atoms with van der Waals surface area (Å²) in [6, 6.07) is 7.89. The molecule has 3 aliphatic rings. The number of carbonyl (C=O) groups excluding carboxylic acids is 2. The molecule has 0 radical (unpaired) electrons. The molecule has 0 aromatic heterocycles. The van der Waals surface area contributed by atoms with Crippen LogP contribution in [-0.2, 0) is 4.79 Å². The minimum absolute atomic E-state index is 0. The van der Waals surface area contributed by atoms with Crippen LogP contribution < -0.4 is 10.6 Å². The molecule has 1 heterocycles. The highest BCUT2D eigenvalue weighted by molar-refractivity contribution is 5.98. The molecular weight excluding hydrogens is 350 g/mol. The lowest BCUT2D eigenvalue weighted by Crippen LogP contribution is -2.45. The minimum Gasteiger partial charge on any atom is -0.339 e. The van der Waals surface area contributed by atoms with Crippen molar-refractivity contribution in [3.05, 3.63) is 29.8 Å². The Kier molecular flexibility index (Phi) is 6.20. The number of hydrogen-bond acceptors (Lipinski definition) is 3. The lowest BCUT2D eigenvalue weighted by Gasteiger charge is -2.32. The Morgan fingerprint density at radius 1 is 1.04 bits per heavy atom. The zero-order valence-corrected chi connectivity index (χ0v) is 15.9. The Bertz CT molecular complexity index is 650. The van der Waals surface area contributed by atoms with Crippen molar-refractivity contribution in [1.29, 1.82) is 0 Å². The van der Waals surface area contributed by atoms with E-state index in [-0.39, 0.29) is 30.1 Å². The van der Waals surface area contributed by atoms with Gasteiger partial charge in [-0.3, -0.25) is 9.59 Å². The topological polar surface area (TPSA) is 61.4 Å². The first kappa shape index (κ1) is 19.2. The van der Waals surface area contributed by atoms with Crippen molar-refractivity contribution in [2.24, 2.45) is 11.8 Å². The van der Waals surface area contributed by atoms with Crippen molar-refractivity contribution in [2.45, 2.75) is 44.6 Å². The number of likely N-dealkylation sites (tertiary alicyclic amines) is 1. The van der Waals surface area contributed by atoms with Crippen LogP contribution in [0.3, 0.4) is 0 Å². The molecule has 0 bridgehead atoms. The molecule has 2 N–H and O–H groups in total. The molecule has 26 heavy (non-hydrogen) atoms. The SMILES string of the molecule is Cl.O=C(Nc1cccc(C(=O)N2CCC(NCC3CC3)CC2)c1)C1CC1. The van der Waals surface area contributed by atoms with Crippen molar-refractivity contribution in [2.75, 3.05) is 25.0 Å². The third-order valence-corrected chi connectivity index (χ3v) is 5.50. The van der Waals surface area contributed by atoms with E-state index in [1.807, 2.05) is 23.1 Å². The quantitative estimate of drug-likeness (QED) is 0.800. The van der Waals surface area contributed by atoms with Gasteiger partial charge in [0.1, 0.15) is 0 Å². The summed E-state index contributed by atoms with van der Waals surface area (Å²) in [5.41, 5.74) is 1.39. The summed E-state index contributed by atoms with van der Waals surface area (Å²) in [7, 11) is 0. The number of carbonyl (C=O) groups is 2. The van der Waals surface area contributed by atoms with Gasteiger partial charge in [0, 0.05) is 36.3 Å². The fourth-order valence-electron chi connectivity index (χ4n) is 3.44. The van der Waals surface area contributed by atoms with Crippen LogP contribution in [0.1, 0.15) is 48.9 Å². The molecular formula is C20H28ClN3O2. The summed E-state index contributed by atoms with van der Waals surface area (Å²) >= 11 is 0. The second-order valence-corrected chi connectivity index (χ2v) is 7.76. The van der Waals surface area contributed by atoms with E-state index in [9.17, 15) is 9.59 Å². The van der Waals surface area contributed by atoms with Crippen molar-refractivity contribution in [3.8, 4) is 0 Å². The third kappa shape index (κ3) is 4.98. The van der Waals surface area contributed by atoms with Crippen LogP contribution >= 0.6 is 12.4 Å². The van der Waals surface area contributed by atoms with Gasteiger partial charge in [0.15, 0.2) is 0 Å². The second kappa shape index (κ2) is 8.40. The van der Waals surface area contributed by atoms with Gasteiger partial charge in [-0.15, -0.1) is 12.4 Å². The maximum atomic E-state index is 12.8. The Labute approximate surface area is 161 Å². The Morgan fingerprint density at radius 2 is 1.77 bits per heavy atom. The maximum absolute atomic E-state index is 12.8. The number of amides is 2. The molecule has 1 aliphatic heterocycles. The highest BCUT2D eigenvalue weighted by atomic mass is 35.5. The maximum Gasteiger partial charge on any atom is 0.253 e. The summed E-state index contributed by atoms with van der Waals surface area (Å²) in [6.45, 7) is 2.75. The highest BCUT2D eigenvalue weighted by Gasteiger charge is 2.30. The van der Waals surface area contributed by atoms with Crippen LogP contribution in [0.4, 0.5) is 5.69 Å². The number of hydrogen-bond donors (Lipinski definition) is 2. The average Bonchev–Trinajstić information content (AvgIpc) is 3.53. The lowest BCUT2D eigenvalue weighted by molar-refractivity contribution is -0.117. The van der Waals surface area contributed by atoms with Gasteiger partial charge in [0.05, 0.1) is 0 Å². The molecule has 3 fully saturated rings. The van der Waals surface area contributed by atoms with Crippen LogP contribution in [-0.4, -0.2) is 42.4 Å². The Morgan fingerprint density at radius 3 is 2.42 bits per heavy atom. The van der Waals surface area contributed by atoms with E-state index in [0.717, 1.165) is 56.9 Å². The number of benzene rings is 1. The molecule has 2 aliphatic carbocycles. The molecule has 1 aromatic rings. The molecule has 6 heteroatoms. The monoisotopic (exact) mass is 377 g/mol. The molecule has 2 amide bonds. The van der Waals surface area contributed by atoms with Crippen molar-refractivity contribution in [3.63, 3.8) is 0 Å². The smallest absolute Gasteiger partial charge is 0.253 e. The van der Waals surface area contributed by atoms with Gasteiger partial charge in [-0.25, -0.2) is 0 Å². The first-order chi connectivity index (χ1) is 12.2. The van der Waals surface area contributed by atoms with Crippen LogP contribution in [0.25, 0.3) is 0 Å². The molecule has 2 saturated carbocycles. The molecule has 4 rings (SSSR count). The zero-order valence-electron chi connectivity index (χ0n) is 15.1. The van der Waals surface area contributed by atoms with E-state index < -0.39 is 0 Å². The Hall–Kier alpha value is -1.59. The zero-order chi connectivity index (χ0) is 17.2. The molecule has 5 nitrogen and oxygen atoms in total. The first-order valence-corrected chi connectivity index (χ1v) is 9.62. The Balaban J connectivity index is 0.00000196. The normalized spacial score (nSPS) is 20.4. The van der Waals surface area contributed by atoms with Crippen molar-refractivity contribution in [1.82, 2.24) is 10.2 Å². The third-order valence-electron chi connectivity index (χ3n) is 5.50. The highest BCUT2D eigenvalue weighted by Crippen LogP contribution is 2.30. The van der Waals surface area contributed by atoms with Crippen LogP contribution in [0.15, 0.2) is 24.3 Å². The second-order valence-electron chi connectivity index (χ2n) is 7.76. The average molecular weight is 378 g/mol. The molecule has 1 saturated heterocycles. The summed E-state index contributed by atoms with van der Waals surface area (Å²) in [5, 5.41) is 6.57. The van der Waals surface area contributed by atoms with Gasteiger partial charge in [-0.1, -0.05) is 6.07 Å². The number of anilines is 1. The minimum atomic E-state index is 0. The summed E-state index contributed by atoms with van der Waals surface area (Å²) in [6.07, 6.45) is 6.76. The van der Waals surface area contributed by atoms with Gasteiger partial charge in [-0.2, -0.15) is 0 Å². The van der Waals surface area contributed by atoms with Gasteiger partial charge >= 0.3 is 0 Å². The predicted molar refractivity (Wildman–Crippen MR) is 105 cm³/mol.